The Morgan fingerprint density at radius 3 is 2.22 bits per heavy atom. The molecule has 0 aromatic rings. The Morgan fingerprint density at radius 2 is 1.78 bits per heavy atom. The number of amides is 1. The number of ketones is 1. The summed E-state index contributed by atoms with van der Waals surface area (Å²) < 4.78 is 0. The smallest absolute Gasteiger partial charge is 0.271 e. The van der Waals surface area contributed by atoms with Crippen molar-refractivity contribution in [3.8, 4) is 0 Å². The van der Waals surface area contributed by atoms with Gasteiger partial charge >= 0.3 is 0 Å². The van der Waals surface area contributed by atoms with Crippen LogP contribution in [0.1, 0.15) is 6.92 Å². The van der Waals surface area contributed by atoms with Crippen molar-refractivity contribution in [1.82, 2.24) is 5.43 Å². The number of hydrogen-bond acceptors (Lipinski definition) is 8. The number of hydrogen-bond donors (Lipinski definition) is 6. The molecule has 0 aromatic carbocycles. The molecule has 0 aliphatic rings. The summed E-state index contributed by atoms with van der Waals surface area (Å²) in [6, 6.07) is 0. The normalized spacial score (nSPS) is 18.1. The molecule has 0 fully saturated rings. The van der Waals surface area contributed by atoms with Gasteiger partial charge in [-0.2, -0.15) is 5.10 Å². The number of carbonyl (C=O) groups excluding carboxylic acids is 2. The summed E-state index contributed by atoms with van der Waals surface area (Å²) in [6.45, 7) is 0.331. The molecular weight excluding hydrogens is 248 g/mol. The number of carbonyl (C=O) groups is 2. The minimum Gasteiger partial charge on any atom is -0.394 e. The maximum absolute atomic E-state index is 11.2. The van der Waals surface area contributed by atoms with Crippen LogP contribution in [0.4, 0.5) is 0 Å². The first-order chi connectivity index (χ1) is 8.31. The first-order valence-corrected chi connectivity index (χ1v) is 4.97. The van der Waals surface area contributed by atoms with Crippen molar-refractivity contribution >= 4 is 17.9 Å². The van der Waals surface area contributed by atoms with E-state index < -0.39 is 42.7 Å². The Morgan fingerprint density at radius 1 is 1.22 bits per heavy atom. The van der Waals surface area contributed by atoms with E-state index in [2.05, 4.69) is 5.10 Å². The lowest BCUT2D eigenvalue weighted by molar-refractivity contribution is -0.148. The molecule has 0 bridgehead atoms. The van der Waals surface area contributed by atoms with E-state index in [1.54, 1.807) is 5.43 Å². The van der Waals surface area contributed by atoms with Gasteiger partial charge in [0.15, 0.2) is 11.9 Å². The van der Waals surface area contributed by atoms with Gasteiger partial charge in [-0.3, -0.25) is 9.59 Å². The third kappa shape index (κ3) is 5.29. The summed E-state index contributed by atoms with van der Waals surface area (Å²) in [5.74, 6) is -1.62. The van der Waals surface area contributed by atoms with E-state index in [9.17, 15) is 24.9 Å². The van der Waals surface area contributed by atoms with E-state index in [1.807, 2.05) is 0 Å². The first-order valence-electron chi connectivity index (χ1n) is 4.97. The number of rotatable bonds is 7. The highest BCUT2D eigenvalue weighted by atomic mass is 16.4. The molecule has 0 spiro atoms. The molecule has 9 heteroatoms. The Bertz CT molecular complexity index is 320. The second-order valence-electron chi connectivity index (χ2n) is 3.52. The summed E-state index contributed by atoms with van der Waals surface area (Å²) >= 11 is 0. The topological polar surface area (TPSA) is 160 Å². The zero-order valence-corrected chi connectivity index (χ0v) is 9.59. The monoisotopic (exact) mass is 264 g/mol. The summed E-state index contributed by atoms with van der Waals surface area (Å²) in [7, 11) is 0. The molecule has 9 nitrogen and oxygen atoms in total. The van der Waals surface area contributed by atoms with Gasteiger partial charge < -0.3 is 25.5 Å². The number of nitrogens with zero attached hydrogens (tertiary/aromatic N) is 1. The van der Waals surface area contributed by atoms with Crippen LogP contribution in [0.15, 0.2) is 5.10 Å². The fourth-order valence-corrected chi connectivity index (χ4v) is 0.930. The van der Waals surface area contributed by atoms with Crippen LogP contribution in [0.3, 0.4) is 0 Å². The van der Waals surface area contributed by atoms with Crippen LogP contribution in [0.25, 0.3) is 0 Å². The van der Waals surface area contributed by atoms with Gasteiger partial charge in [0.05, 0.1) is 12.8 Å². The quantitative estimate of drug-likeness (QED) is 0.202. The van der Waals surface area contributed by atoms with Crippen molar-refractivity contribution in [3.63, 3.8) is 0 Å². The predicted octanol–water partition coefficient (Wildman–Crippen LogP) is -3.89. The molecular formula is C9H16N2O7. The van der Waals surface area contributed by atoms with Gasteiger partial charge in [-0.25, -0.2) is 5.43 Å². The van der Waals surface area contributed by atoms with E-state index in [4.69, 9.17) is 10.2 Å². The standard InChI is InChI=1S/C9H16N2O7/c1-4(13)2-10-11-9(18)8(17)7(16)6(15)5(14)3-12/h2,5-8,12,14-17H,3H2,1H3,(H,11,18)/b10-2+/t5-,6-,7-,8-/m1/s1. The largest absolute Gasteiger partial charge is 0.394 e. The zero-order chi connectivity index (χ0) is 14.3. The fraction of sp³-hybridized carbons (Fsp3) is 0.667. The maximum Gasteiger partial charge on any atom is 0.271 e. The molecule has 0 aromatic heterocycles. The highest BCUT2D eigenvalue weighted by Gasteiger charge is 2.34. The van der Waals surface area contributed by atoms with Crippen molar-refractivity contribution in [1.29, 1.82) is 0 Å². The summed E-state index contributed by atoms with van der Waals surface area (Å²) in [5.41, 5.74) is 1.75. The van der Waals surface area contributed by atoms with E-state index in [0.717, 1.165) is 6.21 Å². The average molecular weight is 264 g/mol. The van der Waals surface area contributed by atoms with Gasteiger partial charge in [0.1, 0.15) is 18.3 Å². The molecule has 0 unspecified atom stereocenters. The number of Topliss-reactive ketones (excluding diaryl/α,β-unsaturated/α-hetero) is 1. The van der Waals surface area contributed by atoms with Crippen LogP contribution in [-0.4, -0.2) is 74.5 Å². The van der Waals surface area contributed by atoms with Gasteiger partial charge in [-0.05, 0) is 0 Å². The zero-order valence-electron chi connectivity index (χ0n) is 9.59. The van der Waals surface area contributed by atoms with Crippen molar-refractivity contribution < 1.29 is 35.1 Å². The number of aliphatic hydroxyl groups excluding tert-OH is 5. The SMILES string of the molecule is CC(=O)/C=N/NC(=O)[C@H](O)[C@H](O)[C@H](O)[C@H](O)CO. The van der Waals surface area contributed by atoms with Gasteiger partial charge in [0, 0.05) is 6.92 Å². The molecule has 0 saturated carbocycles. The van der Waals surface area contributed by atoms with E-state index in [0.29, 0.717) is 0 Å². The highest BCUT2D eigenvalue weighted by Crippen LogP contribution is 2.05. The third-order valence-electron chi connectivity index (χ3n) is 1.94. The lowest BCUT2D eigenvalue weighted by Crippen LogP contribution is -2.51. The van der Waals surface area contributed by atoms with Crippen LogP contribution in [-0.2, 0) is 9.59 Å². The lowest BCUT2D eigenvalue weighted by atomic mass is 10.0. The number of hydrazone groups is 1. The molecule has 18 heavy (non-hydrogen) atoms. The number of aliphatic hydroxyl groups is 5. The van der Waals surface area contributed by atoms with Crippen LogP contribution >= 0.6 is 0 Å². The van der Waals surface area contributed by atoms with E-state index in [1.165, 1.54) is 6.92 Å². The minimum atomic E-state index is -2.08. The molecule has 104 valence electrons. The van der Waals surface area contributed by atoms with Gasteiger partial charge in [-0.1, -0.05) is 0 Å². The molecule has 1 amide bonds. The molecule has 4 atom stereocenters. The Kier molecular flexibility index (Phi) is 7.24. The van der Waals surface area contributed by atoms with Crippen molar-refractivity contribution in [2.24, 2.45) is 5.10 Å². The summed E-state index contributed by atoms with van der Waals surface area (Å²) in [4.78, 5) is 21.6. The summed E-state index contributed by atoms with van der Waals surface area (Å²) in [5, 5.41) is 48.5. The molecule has 0 heterocycles. The second-order valence-corrected chi connectivity index (χ2v) is 3.52. The third-order valence-corrected chi connectivity index (χ3v) is 1.94. The van der Waals surface area contributed by atoms with Gasteiger partial charge in [-0.15, -0.1) is 0 Å². The van der Waals surface area contributed by atoms with Crippen LogP contribution < -0.4 is 5.43 Å². The molecule has 0 aliphatic heterocycles. The summed E-state index contributed by atoms with van der Waals surface area (Å²) in [6.07, 6.45) is -6.93. The lowest BCUT2D eigenvalue weighted by Gasteiger charge is -2.24. The molecule has 6 N–H and O–H groups in total. The van der Waals surface area contributed by atoms with Crippen LogP contribution in [0, 0.1) is 0 Å². The molecule has 0 rings (SSSR count). The Labute approximate surface area is 102 Å². The van der Waals surface area contributed by atoms with Gasteiger partial charge in [0.2, 0.25) is 0 Å². The van der Waals surface area contributed by atoms with E-state index >= 15 is 0 Å². The molecule has 0 aliphatic carbocycles. The Balaban J connectivity index is 4.40. The van der Waals surface area contributed by atoms with Crippen molar-refractivity contribution in [2.75, 3.05) is 6.61 Å². The van der Waals surface area contributed by atoms with Crippen LogP contribution in [0.2, 0.25) is 0 Å². The second kappa shape index (κ2) is 7.84. The molecule has 0 radical (unpaired) electrons. The van der Waals surface area contributed by atoms with Crippen molar-refractivity contribution in [3.05, 3.63) is 0 Å². The van der Waals surface area contributed by atoms with Gasteiger partial charge in [0.25, 0.3) is 5.91 Å². The maximum atomic E-state index is 11.2. The fourth-order valence-electron chi connectivity index (χ4n) is 0.930. The van der Waals surface area contributed by atoms with Crippen LogP contribution in [0.5, 0.6) is 0 Å². The highest BCUT2D eigenvalue weighted by molar-refractivity contribution is 6.26. The Hall–Kier alpha value is -1.39. The average Bonchev–Trinajstić information content (AvgIpc) is 2.34. The minimum absolute atomic E-state index is 0.443. The van der Waals surface area contributed by atoms with Crippen molar-refractivity contribution in [2.45, 2.75) is 31.3 Å². The first kappa shape index (κ1) is 16.6. The molecule has 0 saturated heterocycles. The van der Waals surface area contributed by atoms with E-state index in [-0.39, 0.29) is 0 Å². The number of nitrogens with one attached hydrogen (secondary N) is 1. The predicted molar refractivity (Wildman–Crippen MR) is 58.4 cm³/mol.